The number of unbranched alkanes of at least 4 members (excludes halogenated alkanes) is 1. The summed E-state index contributed by atoms with van der Waals surface area (Å²) >= 11 is 0. The predicted octanol–water partition coefficient (Wildman–Crippen LogP) is 5.39. The van der Waals surface area contributed by atoms with Gasteiger partial charge in [0.1, 0.15) is 0 Å². The van der Waals surface area contributed by atoms with Crippen molar-refractivity contribution in [2.75, 3.05) is 19.8 Å². The lowest BCUT2D eigenvalue weighted by molar-refractivity contribution is 0.0521. The van der Waals surface area contributed by atoms with E-state index < -0.39 is 0 Å². The maximum atomic E-state index is 12.3. The first-order valence-corrected chi connectivity index (χ1v) is 9.88. The molecule has 0 aliphatic heterocycles. The Labute approximate surface area is 159 Å². The number of carbonyl (C=O) groups excluding carboxylic acids is 1. The van der Waals surface area contributed by atoms with Gasteiger partial charge in [0, 0.05) is 13.1 Å². The molecule has 1 aromatic rings. The van der Waals surface area contributed by atoms with Crippen LogP contribution in [0.15, 0.2) is 36.7 Å². The molecule has 0 saturated heterocycles. The van der Waals surface area contributed by atoms with E-state index in [1.54, 1.807) is 0 Å². The monoisotopic (exact) mass is 361 g/mol. The van der Waals surface area contributed by atoms with Gasteiger partial charge in [-0.3, -0.25) is 0 Å². The van der Waals surface area contributed by atoms with Gasteiger partial charge in [-0.15, -0.1) is 0 Å². The number of ether oxygens (including phenoxy) is 2. The van der Waals surface area contributed by atoms with Crippen molar-refractivity contribution in [3.8, 4) is 0 Å². The minimum atomic E-state index is -0.275. The second kappa shape index (κ2) is 12.4. The van der Waals surface area contributed by atoms with E-state index in [2.05, 4.69) is 25.3 Å². The topological polar surface area (TPSA) is 38.8 Å². The quantitative estimate of drug-likeness (QED) is 0.349. The molecule has 4 heteroatoms. The van der Waals surface area contributed by atoms with Crippen LogP contribution in [0.4, 0.5) is 0 Å². The van der Waals surface area contributed by atoms with Crippen molar-refractivity contribution in [2.45, 2.75) is 59.9 Å². The summed E-state index contributed by atoms with van der Waals surface area (Å²) in [5.41, 5.74) is 1.56. The van der Waals surface area contributed by atoms with Crippen LogP contribution < -0.4 is 0 Å². The largest absolute Gasteiger partial charge is 0.480 e. The fourth-order valence-corrected chi connectivity index (χ4v) is 3.01. The molecular formula is C22H35NO3. The molecule has 0 N–H and O–H groups in total. The molecular weight excluding hydrogens is 326 g/mol. The molecule has 0 spiro atoms. The lowest BCUT2D eigenvalue weighted by atomic mass is 9.98. The molecule has 1 rings (SSSR count). The summed E-state index contributed by atoms with van der Waals surface area (Å²) in [5.74, 6) is 0.978. The van der Waals surface area contributed by atoms with Crippen molar-refractivity contribution < 1.29 is 14.3 Å². The van der Waals surface area contributed by atoms with Gasteiger partial charge in [-0.05, 0) is 44.4 Å². The molecule has 0 aromatic heterocycles. The van der Waals surface area contributed by atoms with Crippen molar-refractivity contribution in [3.05, 3.63) is 47.9 Å². The summed E-state index contributed by atoms with van der Waals surface area (Å²) in [6, 6.07) is 7.62. The Hall–Kier alpha value is -1.97. The van der Waals surface area contributed by atoms with E-state index in [4.69, 9.17) is 9.47 Å². The predicted molar refractivity (Wildman–Crippen MR) is 107 cm³/mol. The van der Waals surface area contributed by atoms with Gasteiger partial charge in [-0.1, -0.05) is 51.3 Å². The first-order chi connectivity index (χ1) is 12.6. The van der Waals surface area contributed by atoms with Gasteiger partial charge in [0.15, 0.2) is 5.88 Å². The average molecular weight is 362 g/mol. The van der Waals surface area contributed by atoms with Gasteiger partial charge in [-0.25, -0.2) is 4.79 Å². The number of esters is 1. The van der Waals surface area contributed by atoms with E-state index in [9.17, 15) is 4.79 Å². The Balaban J connectivity index is 2.98. The maximum absolute atomic E-state index is 12.3. The summed E-state index contributed by atoms with van der Waals surface area (Å²) in [6.07, 6.45) is 4.75. The molecule has 1 aromatic carbocycles. The van der Waals surface area contributed by atoms with Crippen LogP contribution in [0, 0.1) is 5.92 Å². The van der Waals surface area contributed by atoms with Crippen molar-refractivity contribution in [3.63, 3.8) is 0 Å². The zero-order chi connectivity index (χ0) is 19.4. The molecule has 0 aliphatic rings. The molecule has 0 radical (unpaired) electrons. The zero-order valence-electron chi connectivity index (χ0n) is 16.9. The Kier molecular flexibility index (Phi) is 10.5. The number of hydrogen-bond donors (Lipinski definition) is 0. The van der Waals surface area contributed by atoms with E-state index in [-0.39, 0.29) is 5.97 Å². The van der Waals surface area contributed by atoms with Crippen LogP contribution in [-0.4, -0.2) is 30.6 Å². The molecule has 1 unspecified atom stereocenters. The Morgan fingerprint density at radius 2 is 1.81 bits per heavy atom. The number of hydrogen-bond acceptors (Lipinski definition) is 4. The average Bonchev–Trinajstić information content (AvgIpc) is 2.64. The fourth-order valence-electron chi connectivity index (χ4n) is 3.01. The highest BCUT2D eigenvalue weighted by atomic mass is 16.5. The van der Waals surface area contributed by atoms with Crippen molar-refractivity contribution >= 4 is 5.97 Å². The normalized spacial score (nSPS) is 11.7. The molecule has 1 atom stereocenters. The van der Waals surface area contributed by atoms with Crippen LogP contribution in [0.25, 0.3) is 0 Å². The summed E-state index contributed by atoms with van der Waals surface area (Å²) in [7, 11) is 0. The van der Waals surface area contributed by atoms with Crippen LogP contribution in [0.2, 0.25) is 0 Å². The number of nitrogens with zero attached hydrogens (tertiary/aromatic N) is 1. The highest BCUT2D eigenvalue weighted by Crippen LogP contribution is 2.21. The number of carbonyl (C=O) groups is 1. The van der Waals surface area contributed by atoms with Gasteiger partial charge in [0.25, 0.3) is 0 Å². The van der Waals surface area contributed by atoms with Crippen LogP contribution >= 0.6 is 0 Å². The fraction of sp³-hybridized carbons (Fsp3) is 0.591. The van der Waals surface area contributed by atoms with Gasteiger partial charge in [0.05, 0.1) is 18.8 Å². The Morgan fingerprint density at radius 3 is 2.42 bits per heavy atom. The molecule has 26 heavy (non-hydrogen) atoms. The molecule has 0 amide bonds. The molecule has 0 fully saturated rings. The second-order valence-corrected chi connectivity index (χ2v) is 6.50. The molecule has 0 heterocycles. The molecule has 0 saturated carbocycles. The SMILES string of the molecule is C=C(OCC)N(Cc1ccccc1C(=O)OCC)CC(CC)CCCC. The lowest BCUT2D eigenvalue weighted by Gasteiger charge is -2.30. The summed E-state index contributed by atoms with van der Waals surface area (Å²) in [6.45, 7) is 14.8. The third-order valence-electron chi connectivity index (χ3n) is 4.56. The van der Waals surface area contributed by atoms with Gasteiger partial charge >= 0.3 is 5.97 Å². The second-order valence-electron chi connectivity index (χ2n) is 6.50. The minimum absolute atomic E-state index is 0.275. The molecule has 4 nitrogen and oxygen atoms in total. The first-order valence-electron chi connectivity index (χ1n) is 9.88. The van der Waals surface area contributed by atoms with E-state index >= 15 is 0 Å². The van der Waals surface area contributed by atoms with Crippen LogP contribution in [0.1, 0.15) is 69.3 Å². The summed E-state index contributed by atoms with van der Waals surface area (Å²) < 4.78 is 10.9. The molecule has 0 bridgehead atoms. The van der Waals surface area contributed by atoms with Crippen molar-refractivity contribution in [1.29, 1.82) is 0 Å². The lowest BCUT2D eigenvalue weighted by Crippen LogP contribution is -2.30. The van der Waals surface area contributed by atoms with E-state index in [1.807, 2.05) is 38.1 Å². The maximum Gasteiger partial charge on any atom is 0.338 e. The van der Waals surface area contributed by atoms with Crippen LogP contribution in [0.3, 0.4) is 0 Å². The molecule has 146 valence electrons. The Morgan fingerprint density at radius 1 is 1.12 bits per heavy atom. The standard InChI is InChI=1S/C22H35NO3/c1-6-10-13-19(7-2)16-23(18(5)25-8-3)17-20-14-11-12-15-21(20)22(24)26-9-4/h11-12,14-15,19H,5-10,13,16-17H2,1-4H3. The van der Waals surface area contributed by atoms with E-state index in [0.29, 0.717) is 37.1 Å². The third-order valence-corrected chi connectivity index (χ3v) is 4.56. The van der Waals surface area contributed by atoms with E-state index in [1.165, 1.54) is 19.3 Å². The highest BCUT2D eigenvalue weighted by molar-refractivity contribution is 5.91. The zero-order valence-corrected chi connectivity index (χ0v) is 16.9. The smallest absolute Gasteiger partial charge is 0.338 e. The van der Waals surface area contributed by atoms with Crippen LogP contribution in [-0.2, 0) is 16.0 Å². The van der Waals surface area contributed by atoms with Crippen molar-refractivity contribution in [1.82, 2.24) is 4.90 Å². The van der Waals surface area contributed by atoms with Gasteiger partial charge in [0.2, 0.25) is 0 Å². The van der Waals surface area contributed by atoms with Gasteiger partial charge in [-0.2, -0.15) is 0 Å². The highest BCUT2D eigenvalue weighted by Gasteiger charge is 2.19. The summed E-state index contributed by atoms with van der Waals surface area (Å²) in [5, 5.41) is 0. The van der Waals surface area contributed by atoms with Crippen molar-refractivity contribution in [2.24, 2.45) is 5.92 Å². The molecule has 0 aliphatic carbocycles. The number of benzene rings is 1. The Bertz CT molecular complexity index is 556. The van der Waals surface area contributed by atoms with Crippen LogP contribution in [0.5, 0.6) is 0 Å². The number of rotatable bonds is 13. The van der Waals surface area contributed by atoms with E-state index in [0.717, 1.165) is 18.5 Å². The third kappa shape index (κ3) is 7.11. The summed E-state index contributed by atoms with van der Waals surface area (Å²) in [4.78, 5) is 14.4. The van der Waals surface area contributed by atoms with Gasteiger partial charge < -0.3 is 14.4 Å². The minimum Gasteiger partial charge on any atom is -0.480 e. The first kappa shape index (κ1) is 22.1.